The Labute approximate surface area is 78.1 Å². The van der Waals surface area contributed by atoms with Crippen LogP contribution in [-0.4, -0.2) is 7.11 Å². The number of rotatable bonds is 1. The molecule has 0 saturated heterocycles. The van der Waals surface area contributed by atoms with Crippen molar-refractivity contribution in [2.45, 2.75) is 4.90 Å². The van der Waals surface area contributed by atoms with Gasteiger partial charge in [0.1, 0.15) is 11.6 Å². The SMILES string of the molecule is COc1c(Br)ccc(F)c1S. The molecule has 0 spiro atoms. The molecule has 4 heteroatoms. The molecule has 0 amide bonds. The minimum Gasteiger partial charge on any atom is -0.494 e. The minimum atomic E-state index is -0.381. The second-order valence-electron chi connectivity index (χ2n) is 1.91. The first-order valence-electron chi connectivity index (χ1n) is 2.87. The van der Waals surface area contributed by atoms with Crippen LogP contribution in [0.2, 0.25) is 0 Å². The van der Waals surface area contributed by atoms with Crippen LogP contribution in [0.3, 0.4) is 0 Å². The van der Waals surface area contributed by atoms with E-state index in [4.69, 9.17) is 4.74 Å². The maximum atomic E-state index is 12.8. The van der Waals surface area contributed by atoms with E-state index in [9.17, 15) is 4.39 Å². The summed E-state index contributed by atoms with van der Waals surface area (Å²) < 4.78 is 18.4. The molecule has 0 aromatic heterocycles. The fourth-order valence-corrected chi connectivity index (χ4v) is 1.65. The molecule has 11 heavy (non-hydrogen) atoms. The molecule has 1 rings (SSSR count). The lowest BCUT2D eigenvalue weighted by Gasteiger charge is -2.05. The number of methoxy groups -OCH3 is 1. The fraction of sp³-hybridized carbons (Fsp3) is 0.143. The monoisotopic (exact) mass is 236 g/mol. The Kier molecular flexibility index (Phi) is 2.78. The number of halogens is 2. The third kappa shape index (κ3) is 1.68. The lowest BCUT2D eigenvalue weighted by Crippen LogP contribution is -1.88. The first kappa shape index (κ1) is 8.87. The van der Waals surface area contributed by atoms with Crippen LogP contribution in [0.4, 0.5) is 4.39 Å². The van der Waals surface area contributed by atoms with E-state index in [0.717, 1.165) is 0 Å². The molecule has 60 valence electrons. The van der Waals surface area contributed by atoms with Crippen LogP contribution in [0.15, 0.2) is 21.5 Å². The Morgan fingerprint density at radius 2 is 2.18 bits per heavy atom. The van der Waals surface area contributed by atoms with Gasteiger partial charge in [-0.25, -0.2) is 4.39 Å². The highest BCUT2D eigenvalue weighted by molar-refractivity contribution is 9.10. The average molecular weight is 237 g/mol. The lowest BCUT2D eigenvalue weighted by atomic mass is 10.3. The van der Waals surface area contributed by atoms with Crippen molar-refractivity contribution in [3.63, 3.8) is 0 Å². The smallest absolute Gasteiger partial charge is 0.149 e. The topological polar surface area (TPSA) is 9.23 Å². The van der Waals surface area contributed by atoms with Gasteiger partial charge in [0, 0.05) is 0 Å². The number of ether oxygens (including phenoxy) is 1. The number of benzene rings is 1. The van der Waals surface area contributed by atoms with Crippen LogP contribution in [0.5, 0.6) is 5.75 Å². The zero-order chi connectivity index (χ0) is 8.43. The fourth-order valence-electron chi connectivity index (χ4n) is 0.717. The quantitative estimate of drug-likeness (QED) is 0.739. The number of hydrogen-bond acceptors (Lipinski definition) is 2. The van der Waals surface area contributed by atoms with E-state index in [1.165, 1.54) is 13.2 Å². The molecule has 0 saturated carbocycles. The third-order valence-electron chi connectivity index (χ3n) is 1.24. The molecule has 0 unspecified atom stereocenters. The predicted molar refractivity (Wildman–Crippen MR) is 47.9 cm³/mol. The van der Waals surface area contributed by atoms with Gasteiger partial charge in [-0.2, -0.15) is 0 Å². The van der Waals surface area contributed by atoms with E-state index < -0.39 is 0 Å². The van der Waals surface area contributed by atoms with Crippen LogP contribution in [0.25, 0.3) is 0 Å². The van der Waals surface area contributed by atoms with Crippen molar-refractivity contribution in [3.8, 4) is 5.75 Å². The van der Waals surface area contributed by atoms with Gasteiger partial charge in [0.25, 0.3) is 0 Å². The van der Waals surface area contributed by atoms with E-state index in [1.54, 1.807) is 6.07 Å². The lowest BCUT2D eigenvalue weighted by molar-refractivity contribution is 0.395. The average Bonchev–Trinajstić information content (AvgIpc) is 1.99. The summed E-state index contributed by atoms with van der Waals surface area (Å²) in [6.45, 7) is 0. The predicted octanol–water partition coefficient (Wildman–Crippen LogP) is 2.89. The zero-order valence-corrected chi connectivity index (χ0v) is 8.25. The summed E-state index contributed by atoms with van der Waals surface area (Å²) in [5.41, 5.74) is 0. The summed E-state index contributed by atoms with van der Waals surface area (Å²) in [4.78, 5) is 0.224. The van der Waals surface area contributed by atoms with Gasteiger partial charge in [-0.3, -0.25) is 0 Å². The standard InChI is InChI=1S/C7H6BrFOS/c1-10-6-4(8)2-3-5(9)7(6)11/h2-3,11H,1H3. The van der Waals surface area contributed by atoms with Crippen molar-refractivity contribution in [2.75, 3.05) is 7.11 Å². The summed E-state index contributed by atoms with van der Waals surface area (Å²) in [5.74, 6) is 0.0433. The molecule has 0 bridgehead atoms. The van der Waals surface area contributed by atoms with Gasteiger partial charge in [-0.15, -0.1) is 12.6 Å². The van der Waals surface area contributed by atoms with Crippen LogP contribution in [0, 0.1) is 5.82 Å². The maximum absolute atomic E-state index is 12.8. The molecule has 0 aliphatic heterocycles. The summed E-state index contributed by atoms with van der Waals surface area (Å²) in [6.07, 6.45) is 0. The minimum absolute atomic E-state index is 0.224. The number of hydrogen-bond donors (Lipinski definition) is 1. The highest BCUT2D eigenvalue weighted by Gasteiger charge is 2.08. The van der Waals surface area contributed by atoms with Crippen molar-refractivity contribution in [3.05, 3.63) is 22.4 Å². The summed E-state index contributed by atoms with van der Waals surface area (Å²) in [7, 11) is 1.47. The molecule has 1 aromatic rings. The molecule has 1 aromatic carbocycles. The molecule has 1 nitrogen and oxygen atoms in total. The second-order valence-corrected chi connectivity index (χ2v) is 3.21. The molecular formula is C7H6BrFOS. The van der Waals surface area contributed by atoms with Crippen molar-refractivity contribution in [1.82, 2.24) is 0 Å². The Bertz CT molecular complexity index is 277. The van der Waals surface area contributed by atoms with Gasteiger partial charge in [-0.1, -0.05) is 0 Å². The van der Waals surface area contributed by atoms with Gasteiger partial charge in [0.05, 0.1) is 16.5 Å². The molecule has 0 heterocycles. The van der Waals surface area contributed by atoms with Crippen molar-refractivity contribution in [2.24, 2.45) is 0 Å². The van der Waals surface area contributed by atoms with E-state index in [0.29, 0.717) is 10.2 Å². The largest absolute Gasteiger partial charge is 0.494 e. The van der Waals surface area contributed by atoms with Crippen molar-refractivity contribution < 1.29 is 9.13 Å². The van der Waals surface area contributed by atoms with Gasteiger partial charge < -0.3 is 4.74 Å². The Morgan fingerprint density at radius 3 is 2.64 bits per heavy atom. The second kappa shape index (κ2) is 3.45. The van der Waals surface area contributed by atoms with E-state index in [-0.39, 0.29) is 10.7 Å². The summed E-state index contributed by atoms with van der Waals surface area (Å²) >= 11 is 7.13. The zero-order valence-electron chi connectivity index (χ0n) is 5.77. The Balaban J connectivity index is 3.29. The molecule has 0 fully saturated rings. The summed E-state index contributed by atoms with van der Waals surface area (Å²) in [6, 6.07) is 2.91. The maximum Gasteiger partial charge on any atom is 0.149 e. The normalized spacial score (nSPS) is 9.82. The van der Waals surface area contributed by atoms with Gasteiger partial charge in [0.15, 0.2) is 0 Å². The Hall–Kier alpha value is -0.220. The van der Waals surface area contributed by atoms with Crippen LogP contribution < -0.4 is 4.74 Å². The molecule has 0 N–H and O–H groups in total. The highest BCUT2D eigenvalue weighted by atomic mass is 79.9. The van der Waals surface area contributed by atoms with Crippen LogP contribution in [0.1, 0.15) is 0 Å². The molecule has 0 aliphatic carbocycles. The number of thiol groups is 1. The molecule has 0 radical (unpaired) electrons. The first-order valence-corrected chi connectivity index (χ1v) is 4.11. The Morgan fingerprint density at radius 1 is 1.55 bits per heavy atom. The van der Waals surface area contributed by atoms with Crippen molar-refractivity contribution >= 4 is 28.6 Å². The highest BCUT2D eigenvalue weighted by Crippen LogP contribution is 2.32. The van der Waals surface area contributed by atoms with E-state index in [2.05, 4.69) is 28.6 Å². The van der Waals surface area contributed by atoms with Gasteiger partial charge in [-0.05, 0) is 28.1 Å². The molecule has 0 aliphatic rings. The summed E-state index contributed by atoms with van der Waals surface area (Å²) in [5, 5.41) is 0. The van der Waals surface area contributed by atoms with E-state index >= 15 is 0 Å². The van der Waals surface area contributed by atoms with Crippen LogP contribution in [-0.2, 0) is 0 Å². The van der Waals surface area contributed by atoms with Crippen molar-refractivity contribution in [1.29, 1.82) is 0 Å². The van der Waals surface area contributed by atoms with Gasteiger partial charge >= 0.3 is 0 Å². The molecule has 0 atom stereocenters. The molecular weight excluding hydrogens is 231 g/mol. The van der Waals surface area contributed by atoms with Gasteiger partial charge in [0.2, 0.25) is 0 Å². The third-order valence-corrected chi connectivity index (χ3v) is 2.28. The van der Waals surface area contributed by atoms with E-state index in [1.807, 2.05) is 0 Å². The first-order chi connectivity index (χ1) is 5.16. The van der Waals surface area contributed by atoms with Crippen LogP contribution >= 0.6 is 28.6 Å².